The van der Waals surface area contributed by atoms with Crippen LogP contribution in [0.1, 0.15) is 40.9 Å². The Balaban J connectivity index is 1.42. The van der Waals surface area contributed by atoms with Crippen LogP contribution in [0.5, 0.6) is 0 Å². The molecule has 2 aromatic rings. The Labute approximate surface area is 152 Å². The summed E-state index contributed by atoms with van der Waals surface area (Å²) < 4.78 is 5.08. The van der Waals surface area contributed by atoms with Crippen LogP contribution in [-0.2, 0) is 11.3 Å². The highest BCUT2D eigenvalue weighted by Crippen LogP contribution is 2.17. The van der Waals surface area contributed by atoms with Gasteiger partial charge in [-0.2, -0.15) is 0 Å². The Morgan fingerprint density at radius 2 is 1.96 bits per heavy atom. The highest BCUT2D eigenvalue weighted by atomic mass is 16.3. The van der Waals surface area contributed by atoms with Crippen LogP contribution in [0.4, 0.5) is 5.82 Å². The van der Waals surface area contributed by atoms with Crippen LogP contribution >= 0.6 is 0 Å². The molecule has 0 saturated carbocycles. The standard InChI is InChI=1S/C19H24N4O3/c1-14-16(7-10-26-14)19(25)22-13-18(24)21-12-15-5-6-17(20-11-15)23-8-3-2-4-9-23/h5-7,10-11H,2-4,8-9,12-13H2,1H3,(H,21,24)(H,22,25). The number of furan rings is 1. The molecule has 1 aliphatic heterocycles. The van der Waals surface area contributed by atoms with Gasteiger partial charge < -0.3 is 20.0 Å². The van der Waals surface area contributed by atoms with Gasteiger partial charge in [-0.1, -0.05) is 6.07 Å². The van der Waals surface area contributed by atoms with Gasteiger partial charge in [-0.05, 0) is 43.9 Å². The van der Waals surface area contributed by atoms with Gasteiger partial charge in [0.2, 0.25) is 5.91 Å². The summed E-state index contributed by atoms with van der Waals surface area (Å²) >= 11 is 0. The second-order valence-electron chi connectivity index (χ2n) is 6.42. The molecule has 2 aromatic heterocycles. The lowest BCUT2D eigenvalue weighted by atomic mass is 10.1. The SMILES string of the molecule is Cc1occc1C(=O)NCC(=O)NCc1ccc(N2CCCCC2)nc1. The van der Waals surface area contributed by atoms with Gasteiger partial charge in [0.25, 0.3) is 5.91 Å². The second kappa shape index (κ2) is 8.51. The summed E-state index contributed by atoms with van der Waals surface area (Å²) in [7, 11) is 0. The number of carbonyl (C=O) groups excluding carboxylic acids is 2. The molecule has 1 fully saturated rings. The van der Waals surface area contributed by atoms with Crippen molar-refractivity contribution in [1.29, 1.82) is 0 Å². The smallest absolute Gasteiger partial charge is 0.255 e. The molecule has 0 radical (unpaired) electrons. The Hall–Kier alpha value is -2.83. The van der Waals surface area contributed by atoms with Crippen LogP contribution in [0, 0.1) is 6.92 Å². The Kier molecular flexibility index (Phi) is 5.88. The van der Waals surface area contributed by atoms with Crippen LogP contribution in [0.3, 0.4) is 0 Å². The van der Waals surface area contributed by atoms with Gasteiger partial charge in [0, 0.05) is 25.8 Å². The van der Waals surface area contributed by atoms with E-state index >= 15 is 0 Å². The highest BCUT2D eigenvalue weighted by Gasteiger charge is 2.13. The third-order valence-electron chi connectivity index (χ3n) is 4.49. The van der Waals surface area contributed by atoms with Crippen molar-refractivity contribution in [1.82, 2.24) is 15.6 Å². The molecule has 3 heterocycles. The van der Waals surface area contributed by atoms with Crippen molar-refractivity contribution in [3.05, 3.63) is 47.5 Å². The van der Waals surface area contributed by atoms with E-state index in [0.29, 0.717) is 17.9 Å². The summed E-state index contributed by atoms with van der Waals surface area (Å²) in [5, 5.41) is 5.36. The second-order valence-corrected chi connectivity index (χ2v) is 6.42. The normalized spacial score (nSPS) is 14.1. The molecule has 1 aliphatic rings. The van der Waals surface area contributed by atoms with E-state index in [-0.39, 0.29) is 18.4 Å². The zero-order valence-corrected chi connectivity index (χ0v) is 15.0. The third-order valence-corrected chi connectivity index (χ3v) is 4.49. The monoisotopic (exact) mass is 356 g/mol. The van der Waals surface area contributed by atoms with E-state index in [1.807, 2.05) is 12.1 Å². The lowest BCUT2D eigenvalue weighted by molar-refractivity contribution is -0.120. The van der Waals surface area contributed by atoms with Crippen LogP contribution in [0.25, 0.3) is 0 Å². The molecule has 2 N–H and O–H groups in total. The first kappa shape index (κ1) is 18.0. The summed E-state index contributed by atoms with van der Waals surface area (Å²) in [6, 6.07) is 5.55. The number of hydrogen-bond donors (Lipinski definition) is 2. The molecule has 1 saturated heterocycles. The molecule has 2 amide bonds. The van der Waals surface area contributed by atoms with Crippen molar-refractivity contribution < 1.29 is 14.0 Å². The molecule has 0 atom stereocenters. The molecule has 26 heavy (non-hydrogen) atoms. The summed E-state index contributed by atoms with van der Waals surface area (Å²) in [5.74, 6) is 0.948. The number of aryl methyl sites for hydroxylation is 1. The fraction of sp³-hybridized carbons (Fsp3) is 0.421. The predicted molar refractivity (Wildman–Crippen MR) is 97.9 cm³/mol. The first-order chi connectivity index (χ1) is 12.6. The van der Waals surface area contributed by atoms with Crippen molar-refractivity contribution in [3.8, 4) is 0 Å². The van der Waals surface area contributed by atoms with Gasteiger partial charge in [-0.3, -0.25) is 9.59 Å². The molecule has 0 bridgehead atoms. The quantitative estimate of drug-likeness (QED) is 0.827. The van der Waals surface area contributed by atoms with Crippen LogP contribution in [0.2, 0.25) is 0 Å². The van der Waals surface area contributed by atoms with Gasteiger partial charge in [0.1, 0.15) is 11.6 Å². The zero-order chi connectivity index (χ0) is 18.4. The Morgan fingerprint density at radius 3 is 2.62 bits per heavy atom. The molecule has 3 rings (SSSR count). The van der Waals surface area contributed by atoms with Gasteiger partial charge in [0.05, 0.1) is 18.4 Å². The average molecular weight is 356 g/mol. The number of nitrogens with one attached hydrogen (secondary N) is 2. The number of aromatic nitrogens is 1. The molecule has 7 heteroatoms. The third kappa shape index (κ3) is 4.62. The van der Waals surface area contributed by atoms with E-state index in [0.717, 1.165) is 24.5 Å². The van der Waals surface area contributed by atoms with E-state index < -0.39 is 0 Å². The number of nitrogens with zero attached hydrogens (tertiary/aromatic N) is 2. The fourth-order valence-electron chi connectivity index (χ4n) is 2.97. The first-order valence-corrected chi connectivity index (χ1v) is 8.92. The van der Waals surface area contributed by atoms with E-state index in [1.165, 1.54) is 25.5 Å². The predicted octanol–water partition coefficient (Wildman–Crippen LogP) is 2.02. The molecular formula is C19H24N4O3. The molecule has 138 valence electrons. The minimum Gasteiger partial charge on any atom is -0.469 e. The van der Waals surface area contributed by atoms with Crippen molar-refractivity contribution in [3.63, 3.8) is 0 Å². The molecule has 7 nitrogen and oxygen atoms in total. The minimum absolute atomic E-state index is 0.0806. The maximum Gasteiger partial charge on any atom is 0.255 e. The topological polar surface area (TPSA) is 87.5 Å². The van der Waals surface area contributed by atoms with E-state index in [1.54, 1.807) is 19.2 Å². The maximum atomic E-state index is 11.9. The Bertz CT molecular complexity index is 748. The number of pyridine rings is 1. The number of anilines is 1. The van der Waals surface area contributed by atoms with E-state index in [2.05, 4.69) is 20.5 Å². The van der Waals surface area contributed by atoms with E-state index in [9.17, 15) is 9.59 Å². The van der Waals surface area contributed by atoms with Crippen LogP contribution in [-0.4, -0.2) is 36.4 Å². The zero-order valence-electron chi connectivity index (χ0n) is 15.0. The lowest BCUT2D eigenvalue weighted by Gasteiger charge is -2.27. The molecule has 0 unspecified atom stereocenters. The average Bonchev–Trinajstić information content (AvgIpc) is 3.11. The summed E-state index contributed by atoms with van der Waals surface area (Å²) in [4.78, 5) is 30.6. The summed E-state index contributed by atoms with van der Waals surface area (Å²) in [6.45, 7) is 4.11. The largest absolute Gasteiger partial charge is 0.469 e. The van der Waals surface area contributed by atoms with Crippen molar-refractivity contribution in [2.75, 3.05) is 24.5 Å². The summed E-state index contributed by atoms with van der Waals surface area (Å²) in [6.07, 6.45) is 6.95. The number of rotatable bonds is 6. The van der Waals surface area contributed by atoms with Crippen LogP contribution in [0.15, 0.2) is 35.1 Å². The highest BCUT2D eigenvalue weighted by molar-refractivity contribution is 5.97. The Morgan fingerprint density at radius 1 is 1.15 bits per heavy atom. The number of amides is 2. The van der Waals surface area contributed by atoms with Gasteiger partial charge in [-0.25, -0.2) is 4.98 Å². The number of hydrogen-bond acceptors (Lipinski definition) is 5. The molecule has 0 aliphatic carbocycles. The fourth-order valence-corrected chi connectivity index (χ4v) is 2.97. The number of piperidine rings is 1. The van der Waals surface area contributed by atoms with Gasteiger partial charge >= 0.3 is 0 Å². The van der Waals surface area contributed by atoms with Gasteiger partial charge in [0.15, 0.2) is 0 Å². The van der Waals surface area contributed by atoms with Crippen LogP contribution < -0.4 is 15.5 Å². The summed E-state index contributed by atoms with van der Waals surface area (Å²) in [5.41, 5.74) is 1.37. The minimum atomic E-state index is -0.320. The van der Waals surface area contributed by atoms with Crippen molar-refractivity contribution in [2.24, 2.45) is 0 Å². The lowest BCUT2D eigenvalue weighted by Crippen LogP contribution is -2.36. The van der Waals surface area contributed by atoms with Gasteiger partial charge in [-0.15, -0.1) is 0 Å². The van der Waals surface area contributed by atoms with Crippen molar-refractivity contribution in [2.45, 2.75) is 32.7 Å². The van der Waals surface area contributed by atoms with Crippen molar-refractivity contribution >= 4 is 17.6 Å². The molecule has 0 aromatic carbocycles. The molecular weight excluding hydrogens is 332 g/mol. The first-order valence-electron chi connectivity index (χ1n) is 8.92. The number of carbonyl (C=O) groups is 2. The maximum absolute atomic E-state index is 11.9. The molecule has 0 spiro atoms. The van der Waals surface area contributed by atoms with E-state index in [4.69, 9.17) is 4.42 Å².